The van der Waals surface area contributed by atoms with Gasteiger partial charge in [-0.3, -0.25) is 14.6 Å². The number of imidazole rings is 1. The minimum Gasteiger partial charge on any atom is -0.340 e. The van der Waals surface area contributed by atoms with E-state index in [-0.39, 0.29) is 5.91 Å². The lowest BCUT2D eigenvalue weighted by Gasteiger charge is -2.14. The molecule has 3 aromatic rings. The molecule has 8 heteroatoms. The summed E-state index contributed by atoms with van der Waals surface area (Å²) < 4.78 is 3.83. The van der Waals surface area contributed by atoms with Crippen molar-refractivity contribution in [3.63, 3.8) is 0 Å². The van der Waals surface area contributed by atoms with Gasteiger partial charge in [-0.15, -0.1) is 0 Å². The monoisotopic (exact) mass is 355 g/mol. The lowest BCUT2D eigenvalue weighted by molar-refractivity contribution is 0.0791. The number of likely N-dealkylation sites (N-methyl/N-ethyl adjacent to an activating group) is 1. The maximum atomic E-state index is 12.6. The van der Waals surface area contributed by atoms with Crippen LogP contribution in [0.5, 0.6) is 0 Å². The number of hydrogen-bond acceptors (Lipinski definition) is 4. The number of H-pyrrole nitrogens is 1. The zero-order chi connectivity index (χ0) is 18.7. The van der Waals surface area contributed by atoms with Crippen LogP contribution in [0.2, 0.25) is 0 Å². The summed E-state index contributed by atoms with van der Waals surface area (Å²) in [5.41, 5.74) is 2.42. The van der Waals surface area contributed by atoms with Crippen LogP contribution < -0.4 is 0 Å². The normalized spacial score (nSPS) is 11.3. The molecule has 0 radical (unpaired) electrons. The van der Waals surface area contributed by atoms with Crippen LogP contribution in [0.4, 0.5) is 0 Å². The van der Waals surface area contributed by atoms with Gasteiger partial charge in [0, 0.05) is 45.1 Å². The zero-order valence-corrected chi connectivity index (χ0v) is 15.7. The quantitative estimate of drug-likeness (QED) is 0.701. The molecule has 138 valence electrons. The van der Waals surface area contributed by atoms with E-state index in [0.29, 0.717) is 24.7 Å². The zero-order valence-electron chi connectivity index (χ0n) is 15.7. The topological polar surface area (TPSA) is 84.6 Å². The second-order valence-electron chi connectivity index (χ2n) is 6.85. The van der Waals surface area contributed by atoms with Crippen LogP contribution in [0.1, 0.15) is 47.3 Å². The Balaban J connectivity index is 1.61. The minimum atomic E-state index is -0.0916. The van der Waals surface area contributed by atoms with Gasteiger partial charge in [0.05, 0.1) is 18.4 Å². The Hall–Kier alpha value is -2.90. The van der Waals surface area contributed by atoms with Gasteiger partial charge in [0.2, 0.25) is 0 Å². The first-order valence-electron chi connectivity index (χ1n) is 8.72. The molecule has 0 saturated heterocycles. The Kier molecular flexibility index (Phi) is 5.20. The fourth-order valence-electron chi connectivity index (χ4n) is 2.89. The summed E-state index contributed by atoms with van der Waals surface area (Å²) in [6.07, 6.45) is 8.28. The van der Waals surface area contributed by atoms with Crippen molar-refractivity contribution in [1.82, 2.24) is 34.4 Å². The van der Waals surface area contributed by atoms with E-state index in [1.54, 1.807) is 22.8 Å². The molecule has 0 unspecified atom stereocenters. The van der Waals surface area contributed by atoms with Gasteiger partial charge < -0.3 is 9.47 Å². The Bertz CT molecular complexity index is 874. The summed E-state index contributed by atoms with van der Waals surface area (Å²) in [7, 11) is 3.67. The molecule has 0 aliphatic rings. The van der Waals surface area contributed by atoms with Crippen LogP contribution in [0.15, 0.2) is 30.9 Å². The van der Waals surface area contributed by atoms with E-state index in [0.717, 1.165) is 23.5 Å². The molecule has 0 spiro atoms. The predicted molar refractivity (Wildman–Crippen MR) is 97.9 cm³/mol. The number of carbonyl (C=O) groups is 1. The van der Waals surface area contributed by atoms with Gasteiger partial charge in [0.1, 0.15) is 11.5 Å². The van der Waals surface area contributed by atoms with E-state index in [2.05, 4.69) is 38.7 Å². The van der Waals surface area contributed by atoms with Crippen molar-refractivity contribution in [3.05, 3.63) is 53.6 Å². The van der Waals surface area contributed by atoms with Gasteiger partial charge >= 0.3 is 0 Å². The Labute approximate surface area is 152 Å². The molecule has 0 aromatic carbocycles. The minimum absolute atomic E-state index is 0.0916. The molecule has 26 heavy (non-hydrogen) atoms. The summed E-state index contributed by atoms with van der Waals surface area (Å²) in [6, 6.07) is 1.81. The predicted octanol–water partition coefficient (Wildman–Crippen LogP) is 1.83. The number of aromatic amines is 1. The number of hydrogen-bond donors (Lipinski definition) is 1. The number of aryl methyl sites for hydroxylation is 1. The fraction of sp³-hybridized carbons (Fsp3) is 0.444. The molecule has 0 aliphatic carbocycles. The van der Waals surface area contributed by atoms with Crippen molar-refractivity contribution in [2.45, 2.75) is 32.7 Å². The molecular formula is C18H25N7O. The third-order valence-corrected chi connectivity index (χ3v) is 4.30. The highest BCUT2D eigenvalue weighted by Crippen LogP contribution is 2.14. The molecule has 1 N–H and O–H groups in total. The third-order valence-electron chi connectivity index (χ3n) is 4.30. The molecular weight excluding hydrogens is 330 g/mol. The SMILES string of the molecule is CC(C)c1nccn1Cc1cc(C(=O)N(C)CCc2cnn(C)c2)n[nH]1. The molecule has 1 amide bonds. The van der Waals surface area contributed by atoms with E-state index in [9.17, 15) is 4.79 Å². The van der Waals surface area contributed by atoms with Crippen molar-refractivity contribution < 1.29 is 4.79 Å². The van der Waals surface area contributed by atoms with Gasteiger partial charge in [-0.2, -0.15) is 10.2 Å². The standard InChI is InChI=1S/C18H25N7O/c1-13(2)17-19-6-8-25(17)12-15-9-16(22-21-15)18(26)23(3)7-5-14-10-20-24(4)11-14/h6,8-11,13H,5,7,12H2,1-4H3,(H,21,22). The maximum Gasteiger partial charge on any atom is 0.274 e. The lowest BCUT2D eigenvalue weighted by Crippen LogP contribution is -2.29. The Morgan fingerprint density at radius 2 is 2.19 bits per heavy atom. The second-order valence-corrected chi connectivity index (χ2v) is 6.85. The van der Waals surface area contributed by atoms with Crippen LogP contribution in [-0.4, -0.2) is 53.9 Å². The largest absolute Gasteiger partial charge is 0.340 e. The van der Waals surface area contributed by atoms with Gasteiger partial charge in [0.25, 0.3) is 5.91 Å². The van der Waals surface area contributed by atoms with Crippen LogP contribution in [0, 0.1) is 0 Å². The molecule has 0 fully saturated rings. The number of rotatable bonds is 7. The van der Waals surface area contributed by atoms with Gasteiger partial charge in [-0.25, -0.2) is 4.98 Å². The fourth-order valence-corrected chi connectivity index (χ4v) is 2.89. The molecule has 3 aromatic heterocycles. The average molecular weight is 355 g/mol. The molecule has 8 nitrogen and oxygen atoms in total. The van der Waals surface area contributed by atoms with Crippen LogP contribution in [-0.2, 0) is 20.0 Å². The number of amides is 1. The number of carbonyl (C=O) groups excluding carboxylic acids is 1. The Morgan fingerprint density at radius 1 is 1.38 bits per heavy atom. The van der Waals surface area contributed by atoms with Gasteiger partial charge in [0.15, 0.2) is 0 Å². The average Bonchev–Trinajstić information content (AvgIpc) is 3.33. The summed E-state index contributed by atoms with van der Waals surface area (Å²) in [5, 5.41) is 11.3. The van der Waals surface area contributed by atoms with Crippen LogP contribution in [0.25, 0.3) is 0 Å². The molecule has 0 aliphatic heterocycles. The van der Waals surface area contributed by atoms with Gasteiger partial charge in [-0.05, 0) is 18.1 Å². The van der Waals surface area contributed by atoms with E-state index < -0.39 is 0 Å². The molecule has 0 saturated carbocycles. The van der Waals surface area contributed by atoms with E-state index in [4.69, 9.17) is 0 Å². The first-order chi connectivity index (χ1) is 12.4. The molecule has 0 bridgehead atoms. The van der Waals surface area contributed by atoms with Crippen molar-refractivity contribution in [1.29, 1.82) is 0 Å². The molecule has 0 atom stereocenters. The van der Waals surface area contributed by atoms with Crippen molar-refractivity contribution >= 4 is 5.91 Å². The first-order valence-corrected chi connectivity index (χ1v) is 8.72. The highest BCUT2D eigenvalue weighted by atomic mass is 16.2. The maximum absolute atomic E-state index is 12.6. The second kappa shape index (κ2) is 7.55. The third kappa shape index (κ3) is 4.01. The van der Waals surface area contributed by atoms with E-state index >= 15 is 0 Å². The highest BCUT2D eigenvalue weighted by Gasteiger charge is 2.16. The van der Waals surface area contributed by atoms with Crippen molar-refractivity contribution in [3.8, 4) is 0 Å². The number of nitrogens with one attached hydrogen (secondary N) is 1. The summed E-state index contributed by atoms with van der Waals surface area (Å²) in [5.74, 6) is 1.26. The highest BCUT2D eigenvalue weighted by molar-refractivity contribution is 5.92. The molecule has 3 heterocycles. The molecule has 3 rings (SSSR count). The van der Waals surface area contributed by atoms with E-state index in [1.807, 2.05) is 31.7 Å². The van der Waals surface area contributed by atoms with Crippen molar-refractivity contribution in [2.75, 3.05) is 13.6 Å². The summed E-state index contributed by atoms with van der Waals surface area (Å²) >= 11 is 0. The van der Waals surface area contributed by atoms with Crippen LogP contribution in [0.3, 0.4) is 0 Å². The lowest BCUT2D eigenvalue weighted by atomic mass is 10.2. The first kappa shape index (κ1) is 17.9. The Morgan fingerprint density at radius 3 is 2.88 bits per heavy atom. The van der Waals surface area contributed by atoms with E-state index in [1.165, 1.54) is 0 Å². The number of aromatic nitrogens is 6. The smallest absolute Gasteiger partial charge is 0.274 e. The van der Waals surface area contributed by atoms with Crippen molar-refractivity contribution in [2.24, 2.45) is 7.05 Å². The summed E-state index contributed by atoms with van der Waals surface area (Å²) in [6.45, 7) is 5.45. The number of nitrogens with zero attached hydrogens (tertiary/aromatic N) is 6. The van der Waals surface area contributed by atoms with Crippen LogP contribution >= 0.6 is 0 Å². The van der Waals surface area contributed by atoms with Gasteiger partial charge in [-0.1, -0.05) is 13.8 Å². The summed E-state index contributed by atoms with van der Waals surface area (Å²) in [4.78, 5) is 18.6.